The molecular formula is C12H18N2OS. The van der Waals surface area contributed by atoms with Gasteiger partial charge in [-0.15, -0.1) is 11.3 Å². The molecule has 0 amide bonds. The van der Waals surface area contributed by atoms with Gasteiger partial charge in [-0.1, -0.05) is 13.8 Å². The lowest BCUT2D eigenvalue weighted by molar-refractivity contribution is 0.0140. The zero-order valence-corrected chi connectivity index (χ0v) is 10.8. The second kappa shape index (κ2) is 5.44. The van der Waals surface area contributed by atoms with Crippen molar-refractivity contribution in [2.24, 2.45) is 5.92 Å². The maximum Gasteiger partial charge on any atom is 0.100 e. The van der Waals surface area contributed by atoms with E-state index in [0.29, 0.717) is 18.7 Å². The molecule has 1 rings (SSSR count). The second-order valence-corrected chi connectivity index (χ2v) is 5.52. The molecule has 16 heavy (non-hydrogen) atoms. The minimum atomic E-state index is -0.685. The first-order valence-electron chi connectivity index (χ1n) is 5.36. The van der Waals surface area contributed by atoms with Crippen molar-refractivity contribution >= 4 is 11.3 Å². The third-order valence-corrected chi connectivity index (χ3v) is 3.75. The Kier molecular flexibility index (Phi) is 4.48. The fraction of sp³-hybridized carbons (Fsp3) is 0.583. The molecule has 88 valence electrons. The monoisotopic (exact) mass is 238 g/mol. The Hall–Kier alpha value is -0.890. The van der Waals surface area contributed by atoms with Gasteiger partial charge in [0, 0.05) is 23.3 Å². The highest BCUT2D eigenvalue weighted by molar-refractivity contribution is 7.10. The summed E-state index contributed by atoms with van der Waals surface area (Å²) < 4.78 is 0. The van der Waals surface area contributed by atoms with Gasteiger partial charge >= 0.3 is 0 Å². The van der Waals surface area contributed by atoms with Gasteiger partial charge in [-0.25, -0.2) is 0 Å². The quantitative estimate of drug-likeness (QED) is 0.826. The molecule has 0 aliphatic rings. The van der Waals surface area contributed by atoms with E-state index >= 15 is 0 Å². The molecule has 0 aromatic carbocycles. The standard InChI is InChI=1S/C12H18N2OS/c1-9(2)12(3,15)8-14-6-11-4-10(5-13)7-16-11/h4,7,9,14-15H,6,8H2,1-3H3. The van der Waals surface area contributed by atoms with Crippen molar-refractivity contribution in [3.05, 3.63) is 21.9 Å². The average molecular weight is 238 g/mol. The van der Waals surface area contributed by atoms with Crippen molar-refractivity contribution in [1.82, 2.24) is 5.32 Å². The van der Waals surface area contributed by atoms with Crippen LogP contribution in [-0.2, 0) is 6.54 Å². The van der Waals surface area contributed by atoms with Crippen LogP contribution in [0.5, 0.6) is 0 Å². The van der Waals surface area contributed by atoms with E-state index in [0.717, 1.165) is 4.88 Å². The predicted octanol–water partition coefficient (Wildman–Crippen LogP) is 2.12. The van der Waals surface area contributed by atoms with Crippen molar-refractivity contribution < 1.29 is 5.11 Å². The number of hydrogen-bond donors (Lipinski definition) is 2. The second-order valence-electron chi connectivity index (χ2n) is 4.53. The third-order valence-electron chi connectivity index (χ3n) is 2.81. The number of thiophene rings is 1. The Morgan fingerprint density at radius 2 is 2.31 bits per heavy atom. The summed E-state index contributed by atoms with van der Waals surface area (Å²) in [7, 11) is 0. The van der Waals surface area contributed by atoms with Crippen LogP contribution >= 0.6 is 11.3 Å². The van der Waals surface area contributed by atoms with Crippen molar-refractivity contribution in [2.45, 2.75) is 32.9 Å². The van der Waals surface area contributed by atoms with Gasteiger partial charge in [0.05, 0.1) is 11.2 Å². The van der Waals surface area contributed by atoms with E-state index in [2.05, 4.69) is 11.4 Å². The summed E-state index contributed by atoms with van der Waals surface area (Å²) in [5.74, 6) is 0.220. The van der Waals surface area contributed by atoms with Crippen LogP contribution in [0.4, 0.5) is 0 Å². The Bertz CT molecular complexity index is 377. The molecule has 0 saturated heterocycles. The summed E-state index contributed by atoms with van der Waals surface area (Å²) in [6, 6.07) is 3.98. The molecule has 1 aromatic rings. The van der Waals surface area contributed by atoms with Gasteiger partial charge < -0.3 is 10.4 Å². The van der Waals surface area contributed by atoms with Gasteiger partial charge in [-0.2, -0.15) is 5.26 Å². The highest BCUT2D eigenvalue weighted by Gasteiger charge is 2.23. The largest absolute Gasteiger partial charge is 0.389 e. The van der Waals surface area contributed by atoms with E-state index in [-0.39, 0.29) is 5.92 Å². The highest BCUT2D eigenvalue weighted by Crippen LogP contribution is 2.16. The number of nitriles is 1. The van der Waals surface area contributed by atoms with E-state index in [9.17, 15) is 5.11 Å². The van der Waals surface area contributed by atoms with Crippen LogP contribution in [0.3, 0.4) is 0 Å². The molecule has 0 aliphatic carbocycles. The van der Waals surface area contributed by atoms with Crippen molar-refractivity contribution in [2.75, 3.05) is 6.54 Å². The topological polar surface area (TPSA) is 56.0 Å². The smallest absolute Gasteiger partial charge is 0.100 e. The number of aliphatic hydroxyl groups is 1. The van der Waals surface area contributed by atoms with Crippen LogP contribution < -0.4 is 5.32 Å². The van der Waals surface area contributed by atoms with Crippen LogP contribution in [0.25, 0.3) is 0 Å². The van der Waals surface area contributed by atoms with E-state index in [1.807, 2.05) is 32.2 Å². The lowest BCUT2D eigenvalue weighted by Crippen LogP contribution is -2.41. The summed E-state index contributed by atoms with van der Waals surface area (Å²) in [5.41, 5.74) is 0.0207. The fourth-order valence-corrected chi connectivity index (χ4v) is 1.95. The minimum Gasteiger partial charge on any atom is -0.389 e. The third kappa shape index (κ3) is 3.60. The molecule has 0 saturated carbocycles. The maximum atomic E-state index is 10.0. The Labute approximate surface area is 101 Å². The average Bonchev–Trinajstić information content (AvgIpc) is 2.65. The molecule has 1 aromatic heterocycles. The first-order chi connectivity index (χ1) is 7.45. The predicted molar refractivity (Wildman–Crippen MR) is 66.2 cm³/mol. The molecular weight excluding hydrogens is 220 g/mol. The molecule has 2 N–H and O–H groups in total. The summed E-state index contributed by atoms with van der Waals surface area (Å²) in [5, 5.41) is 23.7. The molecule has 4 heteroatoms. The Balaban J connectivity index is 2.39. The van der Waals surface area contributed by atoms with E-state index in [4.69, 9.17) is 5.26 Å². The zero-order chi connectivity index (χ0) is 12.2. The Morgan fingerprint density at radius 3 is 2.81 bits per heavy atom. The highest BCUT2D eigenvalue weighted by atomic mass is 32.1. The van der Waals surface area contributed by atoms with Gasteiger partial charge in [-0.3, -0.25) is 0 Å². The lowest BCUT2D eigenvalue weighted by atomic mass is 9.93. The van der Waals surface area contributed by atoms with E-state index < -0.39 is 5.60 Å². The SMILES string of the molecule is CC(C)C(C)(O)CNCc1cc(C#N)cs1. The molecule has 0 spiro atoms. The number of hydrogen-bond acceptors (Lipinski definition) is 4. The molecule has 0 aliphatic heterocycles. The molecule has 0 radical (unpaired) electrons. The van der Waals surface area contributed by atoms with E-state index in [1.54, 1.807) is 11.3 Å². The zero-order valence-electron chi connectivity index (χ0n) is 9.95. The fourth-order valence-electron chi connectivity index (χ4n) is 1.17. The molecule has 3 nitrogen and oxygen atoms in total. The van der Waals surface area contributed by atoms with Gasteiger partial charge in [0.1, 0.15) is 6.07 Å². The molecule has 1 unspecified atom stereocenters. The molecule has 1 heterocycles. The summed E-state index contributed by atoms with van der Waals surface area (Å²) in [6.07, 6.45) is 0. The van der Waals surface area contributed by atoms with Crippen LogP contribution in [0.1, 0.15) is 31.2 Å². The molecule has 0 fully saturated rings. The summed E-state index contributed by atoms with van der Waals surface area (Å²) in [4.78, 5) is 1.12. The van der Waals surface area contributed by atoms with Crippen LogP contribution in [0.15, 0.2) is 11.4 Å². The Morgan fingerprint density at radius 1 is 1.62 bits per heavy atom. The normalized spacial score (nSPS) is 14.8. The molecule has 0 bridgehead atoms. The van der Waals surface area contributed by atoms with Crippen LogP contribution in [-0.4, -0.2) is 17.3 Å². The van der Waals surface area contributed by atoms with Crippen molar-refractivity contribution in [3.8, 4) is 6.07 Å². The van der Waals surface area contributed by atoms with Crippen molar-refractivity contribution in [1.29, 1.82) is 5.26 Å². The van der Waals surface area contributed by atoms with Gasteiger partial charge in [-0.05, 0) is 18.9 Å². The van der Waals surface area contributed by atoms with Gasteiger partial charge in [0.2, 0.25) is 0 Å². The first-order valence-corrected chi connectivity index (χ1v) is 6.24. The number of nitrogens with zero attached hydrogens (tertiary/aromatic N) is 1. The lowest BCUT2D eigenvalue weighted by Gasteiger charge is -2.27. The van der Waals surface area contributed by atoms with Gasteiger partial charge in [0.15, 0.2) is 0 Å². The number of rotatable bonds is 5. The molecule has 1 atom stereocenters. The maximum absolute atomic E-state index is 10.0. The summed E-state index contributed by atoms with van der Waals surface area (Å²) in [6.45, 7) is 7.10. The van der Waals surface area contributed by atoms with Crippen LogP contribution in [0, 0.1) is 17.2 Å². The van der Waals surface area contributed by atoms with Crippen molar-refractivity contribution in [3.63, 3.8) is 0 Å². The first kappa shape index (κ1) is 13.2. The summed E-state index contributed by atoms with van der Waals surface area (Å²) >= 11 is 1.57. The van der Waals surface area contributed by atoms with Gasteiger partial charge in [0.25, 0.3) is 0 Å². The minimum absolute atomic E-state index is 0.220. The number of nitrogens with one attached hydrogen (secondary N) is 1. The van der Waals surface area contributed by atoms with E-state index in [1.165, 1.54) is 0 Å². The van der Waals surface area contributed by atoms with Crippen LogP contribution in [0.2, 0.25) is 0 Å².